The van der Waals surface area contributed by atoms with Crippen LogP contribution in [0.3, 0.4) is 0 Å². The Morgan fingerprint density at radius 1 is 0.933 bits per heavy atom. The summed E-state index contributed by atoms with van der Waals surface area (Å²) in [6.45, 7) is 12.6. The van der Waals surface area contributed by atoms with Crippen LogP contribution in [0.25, 0.3) is 0 Å². The molecule has 0 unspecified atom stereocenters. The van der Waals surface area contributed by atoms with E-state index in [1.165, 1.54) is 0 Å². The predicted octanol–water partition coefficient (Wildman–Crippen LogP) is 2.39. The molecule has 7 heteroatoms. The highest BCUT2D eigenvalue weighted by Gasteiger charge is 2.31. The Hall–Kier alpha value is -2.67. The second-order valence-electron chi connectivity index (χ2n) is 8.80. The van der Waals surface area contributed by atoms with Crippen molar-refractivity contribution >= 4 is 11.8 Å². The van der Waals surface area contributed by atoms with Crippen molar-refractivity contribution in [1.29, 1.82) is 0 Å². The van der Waals surface area contributed by atoms with E-state index in [9.17, 15) is 9.59 Å². The molecule has 0 radical (unpaired) electrons. The highest BCUT2D eigenvalue weighted by molar-refractivity contribution is 5.96. The van der Waals surface area contributed by atoms with E-state index in [2.05, 4.69) is 35.0 Å². The van der Waals surface area contributed by atoms with Gasteiger partial charge in [-0.15, -0.1) is 0 Å². The molecule has 2 aromatic rings. The number of rotatable bonds is 3. The summed E-state index contributed by atoms with van der Waals surface area (Å²) < 4.78 is 0. The molecule has 1 aromatic carbocycles. The van der Waals surface area contributed by atoms with Crippen molar-refractivity contribution in [2.24, 2.45) is 0 Å². The minimum atomic E-state index is -0.0309. The zero-order chi connectivity index (χ0) is 21.4. The van der Waals surface area contributed by atoms with E-state index >= 15 is 0 Å². The summed E-state index contributed by atoms with van der Waals surface area (Å²) in [7, 11) is 0. The van der Waals surface area contributed by atoms with Crippen LogP contribution in [0.5, 0.6) is 0 Å². The summed E-state index contributed by atoms with van der Waals surface area (Å²) >= 11 is 0. The molecule has 2 aliphatic rings. The molecule has 1 N–H and O–H groups in total. The molecule has 0 bridgehead atoms. The molecule has 1 saturated heterocycles. The summed E-state index contributed by atoms with van der Waals surface area (Å²) in [5.74, 6) is -0.0193. The van der Waals surface area contributed by atoms with Gasteiger partial charge in [0.2, 0.25) is 0 Å². The van der Waals surface area contributed by atoms with Crippen molar-refractivity contribution < 1.29 is 9.59 Å². The van der Waals surface area contributed by atoms with Crippen LogP contribution in [0.1, 0.15) is 57.1 Å². The Bertz CT molecular complexity index is 936. The van der Waals surface area contributed by atoms with Crippen LogP contribution in [0, 0.1) is 13.8 Å². The lowest BCUT2D eigenvalue weighted by molar-refractivity contribution is 0.0584. The smallest absolute Gasteiger partial charge is 0.274 e. The van der Waals surface area contributed by atoms with Gasteiger partial charge < -0.3 is 9.80 Å². The van der Waals surface area contributed by atoms with Gasteiger partial charge in [0, 0.05) is 62.0 Å². The standard InChI is InChI=1S/C23H31N5O2/c1-15(2)26-7-9-27(10-8-26)23(30)21-19-14-28(6-5-20(19)24-25-21)22(29)18-12-16(3)11-17(4)13-18/h11-13,15H,5-10,14H2,1-4H3,(H,24,25). The van der Waals surface area contributed by atoms with Gasteiger partial charge in [0.1, 0.15) is 0 Å². The van der Waals surface area contributed by atoms with Crippen molar-refractivity contribution in [3.8, 4) is 0 Å². The van der Waals surface area contributed by atoms with Gasteiger partial charge in [-0.25, -0.2) is 0 Å². The molecule has 1 fully saturated rings. The van der Waals surface area contributed by atoms with Gasteiger partial charge in [-0.3, -0.25) is 19.6 Å². The molecular formula is C23H31N5O2. The number of H-pyrrole nitrogens is 1. The molecule has 4 rings (SSSR count). The molecule has 0 atom stereocenters. The number of hydrogen-bond acceptors (Lipinski definition) is 4. The second kappa shape index (κ2) is 8.22. The van der Waals surface area contributed by atoms with Crippen LogP contribution < -0.4 is 0 Å². The van der Waals surface area contributed by atoms with E-state index in [-0.39, 0.29) is 11.8 Å². The van der Waals surface area contributed by atoms with E-state index in [1.807, 2.05) is 35.8 Å². The van der Waals surface area contributed by atoms with Gasteiger partial charge in [0.25, 0.3) is 11.8 Å². The number of amides is 2. The van der Waals surface area contributed by atoms with E-state index in [1.54, 1.807) is 0 Å². The predicted molar refractivity (Wildman–Crippen MR) is 116 cm³/mol. The highest BCUT2D eigenvalue weighted by Crippen LogP contribution is 2.24. The number of benzene rings is 1. The fourth-order valence-electron chi connectivity index (χ4n) is 4.52. The fourth-order valence-corrected chi connectivity index (χ4v) is 4.52. The summed E-state index contributed by atoms with van der Waals surface area (Å²) in [4.78, 5) is 32.4. The number of piperazine rings is 1. The van der Waals surface area contributed by atoms with Crippen molar-refractivity contribution in [2.75, 3.05) is 32.7 Å². The number of fused-ring (bicyclic) bond motifs is 1. The maximum absolute atomic E-state index is 13.2. The molecular weight excluding hydrogens is 378 g/mol. The largest absolute Gasteiger partial charge is 0.335 e. The lowest BCUT2D eigenvalue weighted by atomic mass is 10.0. The summed E-state index contributed by atoms with van der Waals surface area (Å²) in [6.07, 6.45) is 0.688. The van der Waals surface area contributed by atoms with Crippen LogP contribution in [-0.4, -0.2) is 75.5 Å². The summed E-state index contributed by atoms with van der Waals surface area (Å²) in [5, 5.41) is 7.40. The van der Waals surface area contributed by atoms with E-state index in [0.29, 0.717) is 49.9 Å². The van der Waals surface area contributed by atoms with Gasteiger partial charge in [-0.2, -0.15) is 5.10 Å². The number of aromatic nitrogens is 2. The number of nitrogens with one attached hydrogen (secondary N) is 1. The SMILES string of the molecule is Cc1cc(C)cc(C(=O)N2CCc3[nH]nc(C(=O)N4CCN(C(C)C)CC4)c3C2)c1. The second-order valence-corrected chi connectivity index (χ2v) is 8.80. The van der Waals surface area contributed by atoms with Gasteiger partial charge in [0.05, 0.1) is 6.54 Å². The first-order valence-electron chi connectivity index (χ1n) is 10.8. The van der Waals surface area contributed by atoms with Gasteiger partial charge >= 0.3 is 0 Å². The van der Waals surface area contributed by atoms with Crippen LogP contribution in [0.15, 0.2) is 18.2 Å². The van der Waals surface area contributed by atoms with Gasteiger partial charge in [-0.1, -0.05) is 17.2 Å². The Balaban J connectivity index is 1.50. The van der Waals surface area contributed by atoms with Gasteiger partial charge in [0.15, 0.2) is 5.69 Å². The lowest BCUT2D eigenvalue weighted by Gasteiger charge is -2.37. The number of carbonyl (C=O) groups excluding carboxylic acids is 2. The molecule has 160 valence electrons. The minimum absolute atomic E-state index is 0.0117. The third-order valence-corrected chi connectivity index (χ3v) is 6.22. The number of carbonyl (C=O) groups is 2. The summed E-state index contributed by atoms with van der Waals surface area (Å²) in [5.41, 5.74) is 5.18. The Labute approximate surface area is 178 Å². The first kappa shape index (κ1) is 20.6. The average molecular weight is 410 g/mol. The molecule has 0 saturated carbocycles. The molecule has 0 spiro atoms. The topological polar surface area (TPSA) is 72.5 Å². The monoisotopic (exact) mass is 409 g/mol. The van der Waals surface area contributed by atoms with E-state index in [0.717, 1.165) is 35.5 Å². The first-order chi connectivity index (χ1) is 14.3. The number of aromatic amines is 1. The van der Waals surface area contributed by atoms with Crippen molar-refractivity contribution in [3.05, 3.63) is 51.8 Å². The van der Waals surface area contributed by atoms with Crippen molar-refractivity contribution in [3.63, 3.8) is 0 Å². The maximum Gasteiger partial charge on any atom is 0.274 e. The Morgan fingerprint density at radius 2 is 1.60 bits per heavy atom. The number of aryl methyl sites for hydroxylation is 2. The first-order valence-corrected chi connectivity index (χ1v) is 10.8. The highest BCUT2D eigenvalue weighted by atomic mass is 16.2. The fraction of sp³-hybridized carbons (Fsp3) is 0.522. The third-order valence-electron chi connectivity index (χ3n) is 6.22. The molecule has 7 nitrogen and oxygen atoms in total. The number of nitrogens with zero attached hydrogens (tertiary/aromatic N) is 4. The molecule has 30 heavy (non-hydrogen) atoms. The Morgan fingerprint density at radius 3 is 2.23 bits per heavy atom. The van der Waals surface area contributed by atoms with Crippen LogP contribution >= 0.6 is 0 Å². The zero-order valence-corrected chi connectivity index (χ0v) is 18.4. The number of hydrogen-bond donors (Lipinski definition) is 1. The third kappa shape index (κ3) is 3.99. The molecule has 0 aliphatic carbocycles. The van der Waals surface area contributed by atoms with Crippen LogP contribution in [0.4, 0.5) is 0 Å². The quantitative estimate of drug-likeness (QED) is 0.845. The minimum Gasteiger partial charge on any atom is -0.335 e. The molecule has 1 aromatic heterocycles. The van der Waals surface area contributed by atoms with Crippen molar-refractivity contribution in [2.45, 2.75) is 46.7 Å². The maximum atomic E-state index is 13.2. The zero-order valence-electron chi connectivity index (χ0n) is 18.4. The van der Waals surface area contributed by atoms with Gasteiger partial charge in [-0.05, 0) is 39.8 Å². The molecule has 2 amide bonds. The van der Waals surface area contributed by atoms with E-state index < -0.39 is 0 Å². The molecule has 3 heterocycles. The van der Waals surface area contributed by atoms with Crippen LogP contribution in [-0.2, 0) is 13.0 Å². The van der Waals surface area contributed by atoms with Crippen LogP contribution in [0.2, 0.25) is 0 Å². The Kier molecular flexibility index (Phi) is 5.64. The van der Waals surface area contributed by atoms with E-state index in [4.69, 9.17) is 0 Å². The summed E-state index contributed by atoms with van der Waals surface area (Å²) in [6, 6.07) is 6.42. The average Bonchev–Trinajstić information content (AvgIpc) is 3.15. The van der Waals surface area contributed by atoms with Crippen molar-refractivity contribution in [1.82, 2.24) is 24.9 Å². The molecule has 2 aliphatic heterocycles. The normalized spacial score (nSPS) is 17.4. The lowest BCUT2D eigenvalue weighted by Crippen LogP contribution is -2.51.